The fraction of sp³-hybridized carbons (Fsp3) is 0.314. The molecule has 0 aromatic heterocycles. The number of imide groups is 1. The Kier molecular flexibility index (Phi) is 8.78. The van der Waals surface area contributed by atoms with Crippen molar-refractivity contribution >= 4 is 57.4 Å². The van der Waals surface area contributed by atoms with Gasteiger partial charge in [-0.25, -0.2) is 4.90 Å². The van der Waals surface area contributed by atoms with Crippen LogP contribution in [0.3, 0.4) is 0 Å². The van der Waals surface area contributed by atoms with Crippen LogP contribution in [0.25, 0.3) is 11.6 Å². The molecule has 0 saturated carbocycles. The van der Waals surface area contributed by atoms with Gasteiger partial charge in [0.2, 0.25) is 11.8 Å². The second-order valence-electron chi connectivity index (χ2n) is 11.6. The van der Waals surface area contributed by atoms with Crippen LogP contribution in [-0.4, -0.2) is 41.7 Å². The van der Waals surface area contributed by atoms with Gasteiger partial charge in [-0.05, 0) is 88.7 Å². The summed E-state index contributed by atoms with van der Waals surface area (Å²) in [4.78, 5) is 39.5. The number of anilines is 1. The number of nitrogens with zero attached hydrogens (tertiary/aromatic N) is 2. The smallest absolute Gasteiger partial charge is 0.271 e. The number of ether oxygens (including phenoxy) is 2. The van der Waals surface area contributed by atoms with Gasteiger partial charge >= 0.3 is 0 Å². The maximum absolute atomic E-state index is 13.9. The molecular formula is C35H33IN2O7. The van der Waals surface area contributed by atoms with Crippen LogP contribution in [-0.2, 0) is 14.3 Å². The number of phenols is 1. The van der Waals surface area contributed by atoms with Crippen LogP contribution >= 0.6 is 22.6 Å². The number of allylic oxidation sites excluding steroid dienone is 2. The Hall–Kier alpha value is -4.03. The fourth-order valence-electron chi connectivity index (χ4n) is 7.08. The standard InChI is InChI=1S/C35H33IN2O7/c1-3-21-17-26-32(35(41)37(34(26)40)24-10-7-11-25(18-24)38(42)43)27-19-45-29(31(21)27)13-12-23(22-8-5-4-6-9-22)14-20-15-28(36)33(39)30(16-20)44-2/h4-11,14-16,18,26-27,29,32,39H,3,12-13,17,19H2,1-2H3/b23-14-/t26-,27+,29-,32-/m1/s1. The number of carbonyl (C=O) groups is 2. The average molecular weight is 721 g/mol. The van der Waals surface area contributed by atoms with Crippen molar-refractivity contribution in [1.29, 1.82) is 0 Å². The molecule has 9 nitrogen and oxygen atoms in total. The third kappa shape index (κ3) is 5.77. The van der Waals surface area contributed by atoms with Crippen molar-refractivity contribution in [3.05, 3.63) is 103 Å². The van der Waals surface area contributed by atoms with Gasteiger partial charge in [0, 0.05) is 18.1 Å². The number of phenolic OH excluding ortho intramolecular Hbond substituents is 1. The highest BCUT2D eigenvalue weighted by Crippen LogP contribution is 2.51. The minimum Gasteiger partial charge on any atom is -0.504 e. The number of benzene rings is 3. The highest BCUT2D eigenvalue weighted by molar-refractivity contribution is 14.1. The Balaban J connectivity index is 1.28. The minimum atomic E-state index is -0.553. The van der Waals surface area contributed by atoms with Crippen LogP contribution in [0.2, 0.25) is 0 Å². The van der Waals surface area contributed by atoms with Gasteiger partial charge in [-0.15, -0.1) is 0 Å². The third-order valence-electron chi connectivity index (χ3n) is 9.17. The van der Waals surface area contributed by atoms with E-state index in [0.717, 1.165) is 39.2 Å². The number of amides is 2. The largest absolute Gasteiger partial charge is 0.504 e. The van der Waals surface area contributed by atoms with E-state index < -0.39 is 16.8 Å². The van der Waals surface area contributed by atoms with Crippen molar-refractivity contribution in [1.82, 2.24) is 0 Å². The molecule has 2 saturated heterocycles. The van der Waals surface area contributed by atoms with Crippen LogP contribution < -0.4 is 9.64 Å². The molecule has 3 aromatic rings. The molecule has 232 valence electrons. The Bertz CT molecular complexity index is 1730. The lowest BCUT2D eigenvalue weighted by Gasteiger charge is -2.31. The van der Waals surface area contributed by atoms with E-state index in [9.17, 15) is 24.8 Å². The highest BCUT2D eigenvalue weighted by Gasteiger charge is 2.57. The quantitative estimate of drug-likeness (QED) is 0.0622. The zero-order valence-corrected chi connectivity index (χ0v) is 27.1. The molecule has 2 fully saturated rings. The number of hydrogen-bond donors (Lipinski definition) is 1. The van der Waals surface area contributed by atoms with E-state index in [2.05, 4.69) is 47.7 Å². The maximum atomic E-state index is 13.9. The van der Waals surface area contributed by atoms with Gasteiger partial charge in [-0.2, -0.15) is 0 Å². The van der Waals surface area contributed by atoms with Gasteiger partial charge in [-0.3, -0.25) is 19.7 Å². The van der Waals surface area contributed by atoms with Crippen LogP contribution in [0.4, 0.5) is 11.4 Å². The molecule has 1 N–H and O–H groups in total. The number of aromatic hydroxyl groups is 1. The van der Waals surface area contributed by atoms with E-state index in [0.29, 0.717) is 35.2 Å². The number of nitro benzene ring substituents is 1. The van der Waals surface area contributed by atoms with Gasteiger partial charge in [-0.1, -0.05) is 55.0 Å². The number of hydrogen-bond acceptors (Lipinski definition) is 7. The molecule has 4 atom stereocenters. The summed E-state index contributed by atoms with van der Waals surface area (Å²) in [7, 11) is 1.53. The number of rotatable bonds is 9. The number of halogens is 1. The van der Waals surface area contributed by atoms with Gasteiger partial charge in [0.15, 0.2) is 11.5 Å². The van der Waals surface area contributed by atoms with Crippen molar-refractivity contribution in [2.45, 2.75) is 38.7 Å². The lowest BCUT2D eigenvalue weighted by atomic mass is 9.69. The maximum Gasteiger partial charge on any atom is 0.271 e. The first kappa shape index (κ1) is 31.0. The SMILES string of the molecule is CCC1=C2[C@@H](CC/C(=C/c3cc(I)c(O)c(OC)c3)c3ccccc3)OC[C@@H]2[C@@H]2C(=O)N(c3cccc([N+](=O)[O-])c3)C(=O)[C@@H]2C1. The molecule has 3 aromatic carbocycles. The van der Waals surface area contributed by atoms with Crippen molar-refractivity contribution in [3.8, 4) is 11.5 Å². The molecule has 1 aliphatic carbocycles. The molecule has 2 heterocycles. The summed E-state index contributed by atoms with van der Waals surface area (Å²) in [6, 6.07) is 19.6. The number of methoxy groups -OCH3 is 1. The van der Waals surface area contributed by atoms with Crippen LogP contribution in [0.15, 0.2) is 77.9 Å². The summed E-state index contributed by atoms with van der Waals surface area (Å²) in [6.07, 6.45) is 4.53. The van der Waals surface area contributed by atoms with E-state index >= 15 is 0 Å². The highest BCUT2D eigenvalue weighted by atomic mass is 127. The van der Waals surface area contributed by atoms with E-state index in [1.165, 1.54) is 25.3 Å². The summed E-state index contributed by atoms with van der Waals surface area (Å²) in [5.74, 6) is -1.36. The Labute approximate surface area is 274 Å². The summed E-state index contributed by atoms with van der Waals surface area (Å²) >= 11 is 2.09. The molecule has 0 spiro atoms. The van der Waals surface area contributed by atoms with Crippen LogP contribution in [0.5, 0.6) is 11.5 Å². The first-order chi connectivity index (χ1) is 21.7. The second kappa shape index (κ2) is 12.8. The number of carbonyl (C=O) groups excluding carboxylic acids is 2. The monoisotopic (exact) mass is 720 g/mol. The summed E-state index contributed by atoms with van der Waals surface area (Å²) in [5.41, 5.74) is 5.45. The number of nitro groups is 1. The summed E-state index contributed by atoms with van der Waals surface area (Å²) in [5, 5.41) is 21.7. The number of non-ortho nitro benzene ring substituents is 1. The Morgan fingerprint density at radius 1 is 1.11 bits per heavy atom. The second-order valence-corrected chi connectivity index (χ2v) is 12.8. The van der Waals surface area contributed by atoms with E-state index in [1.807, 2.05) is 30.3 Å². The average Bonchev–Trinajstić information content (AvgIpc) is 3.58. The van der Waals surface area contributed by atoms with Gasteiger partial charge in [0.05, 0.1) is 45.8 Å². The van der Waals surface area contributed by atoms with Crippen molar-refractivity contribution in [2.75, 3.05) is 18.6 Å². The zero-order valence-electron chi connectivity index (χ0n) is 24.9. The lowest BCUT2D eigenvalue weighted by molar-refractivity contribution is -0.384. The first-order valence-electron chi connectivity index (χ1n) is 15.0. The summed E-state index contributed by atoms with van der Waals surface area (Å²) < 4.78 is 12.5. The molecule has 45 heavy (non-hydrogen) atoms. The Morgan fingerprint density at radius 2 is 1.89 bits per heavy atom. The number of fused-ring (bicyclic) bond motifs is 3. The Morgan fingerprint density at radius 3 is 2.60 bits per heavy atom. The van der Waals surface area contributed by atoms with Crippen LogP contribution in [0, 0.1) is 31.4 Å². The van der Waals surface area contributed by atoms with Gasteiger partial charge in [0.25, 0.3) is 5.69 Å². The molecule has 0 radical (unpaired) electrons. The molecule has 10 heteroatoms. The van der Waals surface area contributed by atoms with Crippen molar-refractivity contribution in [3.63, 3.8) is 0 Å². The molecular weight excluding hydrogens is 687 g/mol. The molecule has 3 aliphatic rings. The topological polar surface area (TPSA) is 119 Å². The van der Waals surface area contributed by atoms with Crippen molar-refractivity contribution in [2.24, 2.45) is 17.8 Å². The summed E-state index contributed by atoms with van der Waals surface area (Å²) in [6.45, 7) is 2.42. The zero-order chi connectivity index (χ0) is 31.8. The lowest BCUT2D eigenvalue weighted by Crippen LogP contribution is -2.34. The van der Waals surface area contributed by atoms with Crippen molar-refractivity contribution < 1.29 is 29.1 Å². The molecule has 2 aliphatic heterocycles. The molecule has 6 rings (SSSR count). The third-order valence-corrected chi connectivity index (χ3v) is 9.99. The molecule has 0 unspecified atom stereocenters. The fourth-order valence-corrected chi connectivity index (χ4v) is 7.71. The minimum absolute atomic E-state index is 0.112. The van der Waals surface area contributed by atoms with E-state index in [-0.39, 0.29) is 41.0 Å². The first-order valence-corrected chi connectivity index (χ1v) is 16.1. The van der Waals surface area contributed by atoms with E-state index in [4.69, 9.17) is 9.47 Å². The normalized spacial score (nSPS) is 22.9. The predicted molar refractivity (Wildman–Crippen MR) is 179 cm³/mol. The van der Waals surface area contributed by atoms with Crippen LogP contribution in [0.1, 0.15) is 43.7 Å². The molecule has 2 amide bonds. The molecule has 0 bridgehead atoms. The van der Waals surface area contributed by atoms with Gasteiger partial charge < -0.3 is 14.6 Å². The predicted octanol–water partition coefficient (Wildman–Crippen LogP) is 7.17. The van der Waals surface area contributed by atoms with Gasteiger partial charge in [0.1, 0.15) is 0 Å². The van der Waals surface area contributed by atoms with E-state index in [1.54, 1.807) is 6.07 Å².